The van der Waals surface area contributed by atoms with Crippen LogP contribution in [0.4, 0.5) is 5.69 Å². The zero-order valence-electron chi connectivity index (χ0n) is 12.2. The van der Waals surface area contributed by atoms with E-state index in [4.69, 9.17) is 18.6 Å². The number of hydrogen-bond acceptors (Lipinski definition) is 2. The van der Waals surface area contributed by atoms with E-state index in [1.54, 1.807) is 6.07 Å². The molecule has 0 heterocycles. The summed E-state index contributed by atoms with van der Waals surface area (Å²) >= 11 is -0.556. The topological polar surface area (TPSA) is 23.5 Å². The van der Waals surface area contributed by atoms with Gasteiger partial charge in [-0.3, -0.25) is 0 Å². The van der Waals surface area contributed by atoms with Gasteiger partial charge in [0.05, 0.1) is 0 Å². The summed E-state index contributed by atoms with van der Waals surface area (Å²) in [6.45, 7) is 2.10. The maximum absolute atomic E-state index is 9.85. The molecule has 0 fully saturated rings. The van der Waals surface area contributed by atoms with Crippen molar-refractivity contribution < 1.29 is 22.1 Å². The second-order valence-corrected chi connectivity index (χ2v) is 8.54. The van der Waals surface area contributed by atoms with Gasteiger partial charge in [-0.05, 0) is 24.6 Å². The molecular formula is C15H18Cl2NOPTi. The Morgan fingerprint density at radius 1 is 1.05 bits per heavy atom. The minimum atomic E-state index is -0.556. The number of benzene rings is 2. The van der Waals surface area contributed by atoms with Crippen LogP contribution < -0.4 is 15.5 Å². The number of aromatic hydroxyl groups is 1. The van der Waals surface area contributed by atoms with Gasteiger partial charge in [-0.1, -0.05) is 38.9 Å². The van der Waals surface area contributed by atoms with Crippen molar-refractivity contribution in [3.05, 3.63) is 48.0 Å². The van der Waals surface area contributed by atoms with Crippen LogP contribution >= 0.6 is 27.2 Å². The Balaban J connectivity index is 0.000000677. The molecule has 6 heteroatoms. The van der Waals surface area contributed by atoms with Gasteiger partial charge in [0.1, 0.15) is 5.75 Å². The van der Waals surface area contributed by atoms with Gasteiger partial charge in [-0.2, -0.15) is 0 Å². The summed E-state index contributed by atoms with van der Waals surface area (Å²) in [5, 5.41) is 12.1. The van der Waals surface area contributed by atoms with Crippen LogP contribution in [0.15, 0.2) is 42.5 Å². The molecule has 2 rings (SSSR count). The Bertz CT molecular complexity index is 581. The Kier molecular flexibility index (Phi) is 8.70. The molecule has 2 nitrogen and oxygen atoms in total. The van der Waals surface area contributed by atoms with Crippen molar-refractivity contribution >= 4 is 43.5 Å². The van der Waals surface area contributed by atoms with Crippen molar-refractivity contribution in [3.8, 4) is 5.75 Å². The summed E-state index contributed by atoms with van der Waals surface area (Å²) in [7, 11) is 14.3. The standard InChI is InChI=1S/C15H18NOP.2ClH.Ti/c1-11-8-9-14(12(10-11)16(2)3)18-15-7-5-4-6-13(15)17;;;/h4-10,17-18H,1-3H3;2*1H;/q;;;+2/p-2. The Morgan fingerprint density at radius 2 is 1.67 bits per heavy atom. The van der Waals surface area contributed by atoms with Crippen LogP contribution in [0.2, 0.25) is 0 Å². The van der Waals surface area contributed by atoms with E-state index in [2.05, 4.69) is 30.0 Å². The van der Waals surface area contributed by atoms with E-state index in [9.17, 15) is 5.11 Å². The fourth-order valence-electron chi connectivity index (χ4n) is 1.84. The molecule has 2 aromatic rings. The van der Waals surface area contributed by atoms with E-state index in [0.29, 0.717) is 14.3 Å². The van der Waals surface area contributed by atoms with Gasteiger partial charge in [-0.25, -0.2) is 0 Å². The molecule has 0 amide bonds. The van der Waals surface area contributed by atoms with Crippen LogP contribution in [-0.2, 0) is 17.0 Å². The molecule has 0 aliphatic rings. The molecule has 1 atom stereocenters. The van der Waals surface area contributed by atoms with Crippen molar-refractivity contribution in [3.63, 3.8) is 0 Å². The molecule has 0 saturated carbocycles. The molecule has 0 radical (unpaired) electrons. The molecular weight excluding hydrogens is 360 g/mol. The van der Waals surface area contributed by atoms with Crippen LogP contribution in [0.3, 0.4) is 0 Å². The molecule has 1 unspecified atom stereocenters. The normalized spacial score (nSPS) is 10.1. The first-order chi connectivity index (χ1) is 9.99. The fourth-order valence-corrected chi connectivity index (χ4v) is 3.11. The van der Waals surface area contributed by atoms with Crippen LogP contribution in [0.25, 0.3) is 0 Å². The molecule has 0 aromatic heterocycles. The number of hydrogen-bond donors (Lipinski definition) is 1. The van der Waals surface area contributed by atoms with E-state index >= 15 is 0 Å². The van der Waals surface area contributed by atoms with Crippen LogP contribution in [0.1, 0.15) is 5.56 Å². The molecule has 0 aliphatic heterocycles. The minimum absolute atomic E-state index is 0.376. The second kappa shape index (κ2) is 9.71. The van der Waals surface area contributed by atoms with E-state index < -0.39 is 17.0 Å². The number of halogens is 2. The number of phenolic OH excluding ortho intramolecular Hbond substituents is 1. The van der Waals surface area contributed by atoms with Crippen LogP contribution in [-0.4, -0.2) is 19.2 Å². The van der Waals surface area contributed by atoms with Gasteiger partial charge >= 0.3 is 35.6 Å². The van der Waals surface area contributed by atoms with Gasteiger partial charge in [0.15, 0.2) is 0 Å². The second-order valence-electron chi connectivity index (χ2n) is 4.63. The molecule has 0 aliphatic carbocycles. The van der Waals surface area contributed by atoms with E-state index in [0.717, 1.165) is 5.30 Å². The quantitative estimate of drug-likeness (QED) is 0.650. The van der Waals surface area contributed by atoms with Gasteiger partial charge in [-0.15, -0.1) is 0 Å². The Labute approximate surface area is 144 Å². The summed E-state index contributed by atoms with van der Waals surface area (Å²) in [5.41, 5.74) is 2.47. The summed E-state index contributed by atoms with van der Waals surface area (Å²) in [4.78, 5) is 2.12. The third-order valence-electron chi connectivity index (χ3n) is 2.81. The van der Waals surface area contributed by atoms with Crippen molar-refractivity contribution in [1.82, 2.24) is 0 Å². The summed E-state index contributed by atoms with van der Waals surface area (Å²) < 4.78 is 0. The first kappa shape index (κ1) is 18.8. The number of nitrogens with zero attached hydrogens (tertiary/aromatic N) is 1. The molecule has 0 spiro atoms. The molecule has 0 bridgehead atoms. The zero-order chi connectivity index (χ0) is 15.8. The van der Waals surface area contributed by atoms with Gasteiger partial charge in [0.25, 0.3) is 0 Å². The molecule has 0 saturated heterocycles. The van der Waals surface area contributed by atoms with Gasteiger partial charge in [0.2, 0.25) is 0 Å². The predicted octanol–water partition coefficient (Wildman–Crippen LogP) is 3.77. The van der Waals surface area contributed by atoms with Crippen molar-refractivity contribution in [2.45, 2.75) is 6.92 Å². The zero-order valence-corrected chi connectivity index (χ0v) is 16.3. The van der Waals surface area contributed by atoms with Crippen LogP contribution in [0, 0.1) is 6.92 Å². The van der Waals surface area contributed by atoms with E-state index in [1.807, 2.05) is 32.3 Å². The third-order valence-corrected chi connectivity index (χ3v) is 4.19. The van der Waals surface area contributed by atoms with Crippen molar-refractivity contribution in [1.29, 1.82) is 0 Å². The van der Waals surface area contributed by atoms with Gasteiger partial charge < -0.3 is 10.0 Å². The number of aryl methyl sites for hydroxylation is 1. The number of phenols is 1. The molecule has 1 N–H and O–H groups in total. The summed E-state index contributed by atoms with van der Waals surface area (Å²) in [6.07, 6.45) is 0. The Morgan fingerprint density at radius 3 is 2.24 bits per heavy atom. The summed E-state index contributed by atoms with van der Waals surface area (Å²) in [5.74, 6) is 0.376. The first-order valence-electron chi connectivity index (χ1n) is 6.28. The SMILES string of the molecule is Cc1ccc(Pc2ccccc2O)c(N(C)C)c1.[Cl][Ti][Cl]. The summed E-state index contributed by atoms with van der Waals surface area (Å²) in [6, 6.07) is 14.0. The van der Waals surface area contributed by atoms with E-state index in [1.165, 1.54) is 16.6 Å². The molecule has 112 valence electrons. The van der Waals surface area contributed by atoms with Gasteiger partial charge in [0, 0.05) is 30.4 Å². The average Bonchev–Trinajstić information content (AvgIpc) is 2.44. The predicted molar refractivity (Wildman–Crippen MR) is 92.9 cm³/mol. The number of para-hydroxylation sites is 1. The van der Waals surface area contributed by atoms with Crippen LogP contribution in [0.5, 0.6) is 5.75 Å². The molecule has 2 aromatic carbocycles. The van der Waals surface area contributed by atoms with E-state index in [-0.39, 0.29) is 0 Å². The Hall–Kier alpha value is -0.236. The fraction of sp³-hybridized carbons (Fsp3) is 0.200. The first-order valence-corrected chi connectivity index (χ1v) is 11.6. The number of anilines is 1. The monoisotopic (exact) mass is 377 g/mol. The maximum atomic E-state index is 9.85. The van der Waals surface area contributed by atoms with Crippen molar-refractivity contribution in [2.75, 3.05) is 19.0 Å². The third kappa shape index (κ3) is 6.18. The average molecular weight is 378 g/mol. The number of rotatable bonds is 3. The molecule has 21 heavy (non-hydrogen) atoms. The van der Waals surface area contributed by atoms with Crippen molar-refractivity contribution in [2.24, 2.45) is 0 Å².